The number of hydrogen-bond acceptors (Lipinski definition) is 4. The van der Waals surface area contributed by atoms with Crippen LogP contribution in [0.2, 0.25) is 30.7 Å². The number of nitrogens with one attached hydrogen (secondary N) is 1. The Morgan fingerprint density at radius 1 is 1.16 bits per heavy atom. The first-order valence-corrected chi connectivity index (χ1v) is 12.3. The topological polar surface area (TPSA) is 63.7 Å². The highest BCUT2D eigenvalue weighted by Crippen LogP contribution is 2.31. The molecule has 0 radical (unpaired) electrons. The SMILES string of the molecule is COCC[Si](C)(C)C.Cc1ncc(-c2c[nH]c3nccc(Cl)c23)cn1. The van der Waals surface area contributed by atoms with E-state index in [0.29, 0.717) is 5.02 Å². The second kappa shape index (κ2) is 8.56. The standard InChI is InChI=1S/C12H9ClN4.C6H16OSi/c1-7-15-4-8(5-16-7)9-6-17-12-11(9)10(13)2-3-14-12;1-7-5-6-8(2,3)4/h2-6H,1H3,(H,14,17);5-6H2,1-4H3. The Kier molecular flexibility index (Phi) is 6.69. The van der Waals surface area contributed by atoms with Crippen molar-refractivity contribution in [2.24, 2.45) is 0 Å². The van der Waals surface area contributed by atoms with Crippen LogP contribution < -0.4 is 0 Å². The molecular formula is C18H25ClN4OSi. The molecule has 0 atom stereocenters. The lowest BCUT2D eigenvalue weighted by atomic mass is 10.1. The van der Waals surface area contributed by atoms with E-state index in [1.54, 1.807) is 31.8 Å². The van der Waals surface area contributed by atoms with Crippen molar-refractivity contribution in [3.8, 4) is 11.1 Å². The van der Waals surface area contributed by atoms with Crippen LogP contribution in [0.1, 0.15) is 5.82 Å². The maximum atomic E-state index is 6.18. The van der Waals surface area contributed by atoms with Crippen LogP contribution in [0.4, 0.5) is 0 Å². The minimum absolute atomic E-state index is 0.673. The number of nitrogens with zero attached hydrogens (tertiary/aromatic N) is 3. The van der Waals surface area contributed by atoms with Gasteiger partial charge in [0, 0.05) is 63.1 Å². The number of aromatic amines is 1. The van der Waals surface area contributed by atoms with Gasteiger partial charge in [0.2, 0.25) is 0 Å². The van der Waals surface area contributed by atoms with Gasteiger partial charge in [-0.1, -0.05) is 31.2 Å². The normalized spacial score (nSPS) is 11.3. The summed E-state index contributed by atoms with van der Waals surface area (Å²) in [5, 5.41) is 1.58. The first-order chi connectivity index (χ1) is 11.8. The van der Waals surface area contributed by atoms with Gasteiger partial charge in [0.05, 0.1) is 5.02 Å². The summed E-state index contributed by atoms with van der Waals surface area (Å²) in [5.74, 6) is 0.748. The van der Waals surface area contributed by atoms with Crippen molar-refractivity contribution in [3.63, 3.8) is 0 Å². The molecule has 1 N–H and O–H groups in total. The Morgan fingerprint density at radius 3 is 2.40 bits per heavy atom. The number of H-pyrrole nitrogens is 1. The van der Waals surface area contributed by atoms with Crippen LogP contribution in [0.15, 0.2) is 30.9 Å². The van der Waals surface area contributed by atoms with Crippen LogP contribution in [0, 0.1) is 6.92 Å². The number of aromatic nitrogens is 4. The monoisotopic (exact) mass is 376 g/mol. The highest BCUT2D eigenvalue weighted by molar-refractivity contribution is 6.76. The summed E-state index contributed by atoms with van der Waals surface area (Å²) in [5.41, 5.74) is 2.67. The van der Waals surface area contributed by atoms with Crippen LogP contribution in [0.3, 0.4) is 0 Å². The van der Waals surface area contributed by atoms with Crippen molar-refractivity contribution in [1.82, 2.24) is 19.9 Å². The van der Waals surface area contributed by atoms with Gasteiger partial charge in [-0.15, -0.1) is 0 Å². The van der Waals surface area contributed by atoms with E-state index in [2.05, 4.69) is 39.6 Å². The summed E-state index contributed by atoms with van der Waals surface area (Å²) in [7, 11) is 0.961. The number of fused-ring (bicyclic) bond motifs is 1. The van der Waals surface area contributed by atoms with E-state index in [1.165, 1.54) is 6.04 Å². The molecule has 3 aromatic rings. The minimum atomic E-state index is -0.803. The van der Waals surface area contributed by atoms with E-state index in [1.807, 2.05) is 13.1 Å². The molecule has 0 amide bonds. The number of ether oxygens (including phenoxy) is 1. The van der Waals surface area contributed by atoms with E-state index in [-0.39, 0.29) is 0 Å². The number of methoxy groups -OCH3 is 1. The molecule has 0 aliphatic carbocycles. The van der Waals surface area contributed by atoms with Gasteiger partial charge >= 0.3 is 0 Å². The second-order valence-electron chi connectivity index (χ2n) is 7.04. The lowest BCUT2D eigenvalue weighted by molar-refractivity contribution is 0.214. The van der Waals surface area contributed by atoms with E-state index in [0.717, 1.165) is 34.6 Å². The molecule has 0 unspecified atom stereocenters. The quantitative estimate of drug-likeness (QED) is 0.654. The van der Waals surface area contributed by atoms with Crippen LogP contribution in [-0.4, -0.2) is 41.7 Å². The van der Waals surface area contributed by atoms with Gasteiger partial charge in [0.25, 0.3) is 0 Å². The van der Waals surface area contributed by atoms with Gasteiger partial charge in [0.1, 0.15) is 11.5 Å². The molecule has 0 saturated carbocycles. The molecule has 0 bridgehead atoms. The number of pyridine rings is 1. The number of halogens is 1. The Balaban J connectivity index is 0.000000242. The first kappa shape index (κ1) is 19.6. The van der Waals surface area contributed by atoms with Crippen LogP contribution >= 0.6 is 11.6 Å². The summed E-state index contributed by atoms with van der Waals surface area (Å²) in [6.45, 7) is 9.85. The van der Waals surface area contributed by atoms with E-state index in [9.17, 15) is 0 Å². The zero-order valence-electron chi connectivity index (χ0n) is 15.4. The van der Waals surface area contributed by atoms with Gasteiger partial charge in [-0.2, -0.15) is 0 Å². The molecule has 3 rings (SSSR count). The Morgan fingerprint density at radius 2 is 1.84 bits per heavy atom. The molecule has 0 aromatic carbocycles. The molecule has 3 heterocycles. The van der Waals surface area contributed by atoms with Crippen LogP contribution in [0.25, 0.3) is 22.2 Å². The van der Waals surface area contributed by atoms with Gasteiger partial charge < -0.3 is 9.72 Å². The molecule has 25 heavy (non-hydrogen) atoms. The third-order valence-corrected chi connectivity index (χ3v) is 5.69. The predicted molar refractivity (Wildman–Crippen MR) is 107 cm³/mol. The highest BCUT2D eigenvalue weighted by Gasteiger charge is 2.11. The van der Waals surface area contributed by atoms with Crippen LogP contribution in [0.5, 0.6) is 0 Å². The second-order valence-corrected chi connectivity index (χ2v) is 13.1. The first-order valence-electron chi connectivity index (χ1n) is 8.21. The maximum Gasteiger partial charge on any atom is 0.139 e. The maximum absolute atomic E-state index is 6.18. The summed E-state index contributed by atoms with van der Waals surface area (Å²) in [6.07, 6.45) is 7.12. The molecule has 0 saturated heterocycles. The molecule has 0 aliphatic heterocycles. The van der Waals surface area contributed by atoms with Crippen molar-refractivity contribution in [3.05, 3.63) is 41.7 Å². The number of aryl methyl sites for hydroxylation is 1. The number of hydrogen-bond donors (Lipinski definition) is 1. The molecule has 0 aliphatic rings. The Hall–Kier alpha value is -1.76. The average Bonchev–Trinajstić information content (AvgIpc) is 2.99. The van der Waals surface area contributed by atoms with Crippen molar-refractivity contribution >= 4 is 30.7 Å². The lowest BCUT2D eigenvalue weighted by Crippen LogP contribution is -2.21. The Labute approximate surface area is 154 Å². The summed E-state index contributed by atoms with van der Waals surface area (Å²) in [6, 6.07) is 3.06. The zero-order valence-corrected chi connectivity index (χ0v) is 17.2. The van der Waals surface area contributed by atoms with Crippen molar-refractivity contribution in [1.29, 1.82) is 0 Å². The lowest BCUT2D eigenvalue weighted by Gasteiger charge is -2.13. The Bertz CT molecular complexity index is 812. The molecule has 134 valence electrons. The average molecular weight is 377 g/mol. The third-order valence-electron chi connectivity index (χ3n) is 3.67. The fourth-order valence-electron chi connectivity index (χ4n) is 2.18. The molecule has 0 spiro atoms. The smallest absolute Gasteiger partial charge is 0.139 e. The molecular weight excluding hydrogens is 352 g/mol. The van der Waals surface area contributed by atoms with E-state index in [4.69, 9.17) is 16.3 Å². The van der Waals surface area contributed by atoms with E-state index >= 15 is 0 Å². The summed E-state index contributed by atoms with van der Waals surface area (Å²) < 4.78 is 4.95. The van der Waals surface area contributed by atoms with Gasteiger partial charge in [-0.05, 0) is 19.0 Å². The molecule has 5 nitrogen and oxygen atoms in total. The van der Waals surface area contributed by atoms with Crippen molar-refractivity contribution in [2.45, 2.75) is 32.6 Å². The molecule has 0 fully saturated rings. The fraction of sp³-hybridized carbons (Fsp3) is 0.389. The third kappa shape index (κ3) is 5.62. The minimum Gasteiger partial charge on any atom is -0.385 e. The van der Waals surface area contributed by atoms with Gasteiger partial charge in [-0.3, -0.25) is 0 Å². The van der Waals surface area contributed by atoms with E-state index < -0.39 is 8.07 Å². The van der Waals surface area contributed by atoms with Crippen molar-refractivity contribution in [2.75, 3.05) is 13.7 Å². The molecule has 3 aromatic heterocycles. The number of rotatable bonds is 4. The predicted octanol–water partition coefficient (Wildman–Crippen LogP) is 4.95. The van der Waals surface area contributed by atoms with Crippen LogP contribution in [-0.2, 0) is 4.74 Å². The van der Waals surface area contributed by atoms with Gasteiger partial charge in [0.15, 0.2) is 0 Å². The largest absolute Gasteiger partial charge is 0.385 e. The fourth-order valence-corrected chi connectivity index (χ4v) is 3.25. The highest BCUT2D eigenvalue weighted by atomic mass is 35.5. The summed E-state index contributed by atoms with van der Waals surface area (Å²) >= 11 is 6.18. The van der Waals surface area contributed by atoms with Gasteiger partial charge in [-0.25, -0.2) is 15.0 Å². The zero-order chi connectivity index (χ0) is 18.4. The summed E-state index contributed by atoms with van der Waals surface area (Å²) in [4.78, 5) is 15.7. The van der Waals surface area contributed by atoms with Crippen molar-refractivity contribution < 1.29 is 4.74 Å². The molecule has 7 heteroatoms.